The maximum Gasteiger partial charge on any atom is 0.338 e. The first kappa shape index (κ1) is 16.3. The predicted molar refractivity (Wildman–Crippen MR) is 91.7 cm³/mol. The lowest BCUT2D eigenvalue weighted by atomic mass is 9.96. The maximum atomic E-state index is 12.6. The van der Waals surface area contributed by atoms with Crippen LogP contribution in [0.2, 0.25) is 0 Å². The van der Waals surface area contributed by atoms with Crippen molar-refractivity contribution in [1.29, 1.82) is 0 Å². The van der Waals surface area contributed by atoms with Crippen LogP contribution in [0.15, 0.2) is 53.1 Å². The quantitative estimate of drug-likeness (QED) is 0.507. The van der Waals surface area contributed by atoms with Gasteiger partial charge in [-0.05, 0) is 41.3 Å². The molecule has 8 heteroatoms. The summed E-state index contributed by atoms with van der Waals surface area (Å²) in [4.78, 5) is 13.7. The lowest BCUT2D eigenvalue weighted by molar-refractivity contribution is -0.138. The molecule has 0 radical (unpaired) electrons. The third-order valence-corrected chi connectivity index (χ3v) is 4.44. The van der Waals surface area contributed by atoms with E-state index in [2.05, 4.69) is 27.4 Å². The molecule has 1 aliphatic rings. The topological polar surface area (TPSA) is 81.9 Å². The zero-order valence-corrected chi connectivity index (χ0v) is 14.2. The van der Waals surface area contributed by atoms with Crippen LogP contribution in [-0.4, -0.2) is 39.0 Å². The normalized spacial score (nSPS) is 16.3. The van der Waals surface area contributed by atoms with Crippen LogP contribution in [0.1, 0.15) is 18.5 Å². The molecule has 7 nitrogen and oxygen atoms in total. The van der Waals surface area contributed by atoms with Gasteiger partial charge in [0.2, 0.25) is 5.95 Å². The van der Waals surface area contributed by atoms with Crippen molar-refractivity contribution in [1.82, 2.24) is 20.2 Å². The molecule has 2 aromatic rings. The summed E-state index contributed by atoms with van der Waals surface area (Å²) in [6.45, 7) is 5.53. The molecule has 1 atom stereocenters. The second kappa shape index (κ2) is 6.88. The second-order valence-electron chi connectivity index (χ2n) is 5.17. The Hall–Kier alpha value is -2.61. The molecular formula is C16H17N5O2S. The van der Waals surface area contributed by atoms with Gasteiger partial charge in [-0.25, -0.2) is 4.79 Å². The molecule has 1 N–H and O–H groups in total. The molecule has 124 valence electrons. The van der Waals surface area contributed by atoms with E-state index < -0.39 is 12.0 Å². The van der Waals surface area contributed by atoms with Crippen molar-refractivity contribution in [3.8, 4) is 0 Å². The number of carbonyl (C=O) groups excluding carboxylic acids is 1. The third-order valence-electron chi connectivity index (χ3n) is 3.70. The van der Waals surface area contributed by atoms with Crippen LogP contribution in [0.25, 0.3) is 0 Å². The Balaban J connectivity index is 2.06. The molecule has 0 amide bonds. The number of aromatic nitrogens is 4. The zero-order chi connectivity index (χ0) is 17.1. The first-order valence-electron chi connectivity index (χ1n) is 7.33. The molecular weight excluding hydrogens is 326 g/mol. The summed E-state index contributed by atoms with van der Waals surface area (Å²) >= 11 is 1.66. The summed E-state index contributed by atoms with van der Waals surface area (Å²) in [6, 6.07) is 7.52. The minimum absolute atomic E-state index is 0.149. The predicted octanol–water partition coefficient (Wildman–Crippen LogP) is 2.41. The highest BCUT2D eigenvalue weighted by Gasteiger charge is 2.34. The Morgan fingerprint density at radius 3 is 2.88 bits per heavy atom. The number of hydrogen-bond acceptors (Lipinski definition) is 7. The minimum atomic E-state index is -0.440. The number of esters is 1. The Morgan fingerprint density at radius 1 is 1.46 bits per heavy atom. The SMILES string of the molecule is C=CCOC(=O)C1=C(C)Nc2nnnn2[C@@H]1c1ccc(SC)cc1. The molecule has 0 aliphatic carbocycles. The molecule has 0 spiro atoms. The van der Waals surface area contributed by atoms with E-state index in [1.54, 1.807) is 16.4 Å². The van der Waals surface area contributed by atoms with Crippen molar-refractivity contribution in [3.63, 3.8) is 0 Å². The summed E-state index contributed by atoms with van der Waals surface area (Å²) in [7, 11) is 0. The van der Waals surface area contributed by atoms with Gasteiger partial charge in [-0.2, -0.15) is 4.68 Å². The molecule has 0 saturated carbocycles. The Morgan fingerprint density at radius 2 is 2.21 bits per heavy atom. The number of carbonyl (C=O) groups is 1. The number of benzene rings is 1. The van der Waals surface area contributed by atoms with Crippen LogP contribution < -0.4 is 5.32 Å². The monoisotopic (exact) mass is 343 g/mol. The van der Waals surface area contributed by atoms with Gasteiger partial charge in [0, 0.05) is 10.6 Å². The number of rotatable bonds is 5. The fourth-order valence-electron chi connectivity index (χ4n) is 2.58. The fourth-order valence-corrected chi connectivity index (χ4v) is 2.99. The summed E-state index contributed by atoms with van der Waals surface area (Å²) in [6.07, 6.45) is 3.55. The highest BCUT2D eigenvalue weighted by atomic mass is 32.2. The number of nitrogens with one attached hydrogen (secondary N) is 1. The van der Waals surface area contributed by atoms with Crippen LogP contribution in [0.3, 0.4) is 0 Å². The van der Waals surface area contributed by atoms with Gasteiger partial charge in [0.05, 0.1) is 5.57 Å². The number of thioether (sulfide) groups is 1. The van der Waals surface area contributed by atoms with E-state index in [4.69, 9.17) is 4.74 Å². The van der Waals surface area contributed by atoms with Crippen LogP contribution in [0, 0.1) is 0 Å². The molecule has 1 aromatic heterocycles. The van der Waals surface area contributed by atoms with Gasteiger partial charge in [-0.15, -0.1) is 11.8 Å². The van der Waals surface area contributed by atoms with Gasteiger partial charge in [-0.1, -0.05) is 29.9 Å². The van der Waals surface area contributed by atoms with Crippen molar-refractivity contribution in [2.45, 2.75) is 17.9 Å². The van der Waals surface area contributed by atoms with Crippen LogP contribution in [0.5, 0.6) is 0 Å². The van der Waals surface area contributed by atoms with Gasteiger partial charge < -0.3 is 10.1 Å². The molecule has 2 heterocycles. The van der Waals surface area contributed by atoms with Gasteiger partial charge in [0.1, 0.15) is 12.6 Å². The highest BCUT2D eigenvalue weighted by Crippen LogP contribution is 2.35. The minimum Gasteiger partial charge on any atom is -0.458 e. The van der Waals surface area contributed by atoms with Crippen molar-refractivity contribution < 1.29 is 9.53 Å². The number of tetrazole rings is 1. The standard InChI is InChI=1S/C16H17N5O2S/c1-4-9-23-15(22)13-10(2)17-16-18-19-20-21(16)14(13)11-5-7-12(24-3)8-6-11/h4-8,14H,1,9H2,2-3H3,(H,17,18,20)/t14-/m1/s1. The first-order valence-corrected chi connectivity index (χ1v) is 8.55. The average molecular weight is 343 g/mol. The molecule has 24 heavy (non-hydrogen) atoms. The Bertz CT molecular complexity index is 797. The van der Waals surface area contributed by atoms with Crippen LogP contribution in [-0.2, 0) is 9.53 Å². The number of allylic oxidation sites excluding steroid dienone is 1. The van der Waals surface area contributed by atoms with E-state index in [9.17, 15) is 4.79 Å². The number of ether oxygens (including phenoxy) is 1. The van der Waals surface area contributed by atoms with Crippen molar-refractivity contribution >= 4 is 23.7 Å². The first-order chi connectivity index (χ1) is 11.7. The molecule has 3 rings (SSSR count). The number of hydrogen-bond donors (Lipinski definition) is 1. The number of anilines is 1. The highest BCUT2D eigenvalue weighted by molar-refractivity contribution is 7.98. The third kappa shape index (κ3) is 2.92. The summed E-state index contributed by atoms with van der Waals surface area (Å²) < 4.78 is 6.84. The van der Waals surface area contributed by atoms with Crippen LogP contribution >= 0.6 is 11.8 Å². The lowest BCUT2D eigenvalue weighted by Gasteiger charge is -2.27. The molecule has 1 aromatic carbocycles. The van der Waals surface area contributed by atoms with E-state index in [0.717, 1.165) is 10.5 Å². The number of nitrogens with zero attached hydrogens (tertiary/aromatic N) is 4. The zero-order valence-electron chi connectivity index (χ0n) is 13.4. The molecule has 1 aliphatic heterocycles. The summed E-state index contributed by atoms with van der Waals surface area (Å²) in [5.74, 6) is 0.0757. The van der Waals surface area contributed by atoms with E-state index in [1.807, 2.05) is 37.4 Å². The molecule has 0 fully saturated rings. The van der Waals surface area contributed by atoms with Crippen molar-refractivity contribution in [2.24, 2.45) is 0 Å². The Kier molecular flexibility index (Phi) is 4.66. The maximum absolute atomic E-state index is 12.6. The summed E-state index contributed by atoms with van der Waals surface area (Å²) in [5.41, 5.74) is 2.06. The fraction of sp³-hybridized carbons (Fsp3) is 0.250. The second-order valence-corrected chi connectivity index (χ2v) is 6.05. The van der Waals surface area contributed by atoms with E-state index in [1.165, 1.54) is 6.08 Å². The molecule has 0 unspecified atom stereocenters. The number of fused-ring (bicyclic) bond motifs is 1. The van der Waals surface area contributed by atoms with E-state index in [-0.39, 0.29) is 6.61 Å². The lowest BCUT2D eigenvalue weighted by Crippen LogP contribution is -2.29. The van der Waals surface area contributed by atoms with Gasteiger partial charge >= 0.3 is 5.97 Å². The smallest absolute Gasteiger partial charge is 0.338 e. The summed E-state index contributed by atoms with van der Waals surface area (Å²) in [5, 5.41) is 14.7. The van der Waals surface area contributed by atoms with Crippen molar-refractivity contribution in [2.75, 3.05) is 18.2 Å². The van der Waals surface area contributed by atoms with Crippen LogP contribution in [0.4, 0.5) is 5.95 Å². The average Bonchev–Trinajstić information content (AvgIpc) is 3.06. The Labute approximate surface area is 143 Å². The van der Waals surface area contributed by atoms with Gasteiger partial charge in [0.25, 0.3) is 0 Å². The van der Waals surface area contributed by atoms with Gasteiger partial charge in [0.15, 0.2) is 0 Å². The van der Waals surface area contributed by atoms with E-state index >= 15 is 0 Å². The largest absolute Gasteiger partial charge is 0.458 e. The molecule has 0 saturated heterocycles. The van der Waals surface area contributed by atoms with Gasteiger partial charge in [-0.3, -0.25) is 0 Å². The van der Waals surface area contributed by atoms with Crippen molar-refractivity contribution in [3.05, 3.63) is 53.8 Å². The van der Waals surface area contributed by atoms with E-state index in [0.29, 0.717) is 17.2 Å². The molecule has 0 bridgehead atoms.